The molecular weight excluding hydrogens is 281 g/mol. The molecule has 2 N–H and O–H groups in total. The van der Waals surface area contributed by atoms with E-state index in [0.29, 0.717) is 21.8 Å². The van der Waals surface area contributed by atoms with Crippen molar-refractivity contribution in [2.75, 3.05) is 5.32 Å². The van der Waals surface area contributed by atoms with Gasteiger partial charge in [0.1, 0.15) is 5.82 Å². The number of anilines is 1. The first kappa shape index (κ1) is 13.1. The van der Waals surface area contributed by atoms with Crippen LogP contribution in [0.3, 0.4) is 0 Å². The van der Waals surface area contributed by atoms with Crippen LogP contribution < -0.4 is 5.32 Å². The lowest BCUT2D eigenvalue weighted by atomic mass is 9.88. The van der Waals surface area contributed by atoms with Crippen LogP contribution in [0.25, 0.3) is 0 Å². The first-order valence-corrected chi connectivity index (χ1v) is 6.46. The molecular formula is C15H11ClFNO2. The molecule has 0 bridgehead atoms. The highest BCUT2D eigenvalue weighted by Crippen LogP contribution is 2.39. The van der Waals surface area contributed by atoms with E-state index in [1.54, 1.807) is 24.3 Å². The van der Waals surface area contributed by atoms with Gasteiger partial charge in [0.2, 0.25) is 0 Å². The summed E-state index contributed by atoms with van der Waals surface area (Å²) >= 11 is 6.00. The van der Waals surface area contributed by atoms with E-state index in [1.807, 2.05) is 0 Å². The van der Waals surface area contributed by atoms with Crippen LogP contribution in [0.1, 0.15) is 11.1 Å². The predicted octanol–water partition coefficient (Wildman–Crippen LogP) is 2.86. The van der Waals surface area contributed by atoms with E-state index in [1.165, 1.54) is 18.2 Å². The third kappa shape index (κ3) is 1.97. The molecule has 20 heavy (non-hydrogen) atoms. The zero-order chi connectivity index (χ0) is 14.3. The molecule has 1 aliphatic heterocycles. The van der Waals surface area contributed by atoms with Crippen molar-refractivity contribution < 1.29 is 14.3 Å². The molecule has 0 spiro atoms. The van der Waals surface area contributed by atoms with Crippen LogP contribution >= 0.6 is 11.6 Å². The zero-order valence-corrected chi connectivity index (χ0v) is 11.1. The van der Waals surface area contributed by atoms with Gasteiger partial charge in [-0.1, -0.05) is 29.8 Å². The molecule has 2 aromatic carbocycles. The third-order valence-corrected chi connectivity index (χ3v) is 3.82. The molecule has 1 atom stereocenters. The van der Waals surface area contributed by atoms with Gasteiger partial charge in [0.25, 0.3) is 5.91 Å². The van der Waals surface area contributed by atoms with Crippen LogP contribution in [0.2, 0.25) is 5.02 Å². The number of rotatable bonds is 2. The molecule has 1 amide bonds. The van der Waals surface area contributed by atoms with Crippen molar-refractivity contribution in [1.29, 1.82) is 0 Å². The Morgan fingerprint density at radius 2 is 2.00 bits per heavy atom. The Labute approximate surface area is 120 Å². The molecule has 0 radical (unpaired) electrons. The highest BCUT2D eigenvalue weighted by atomic mass is 35.5. The Hall–Kier alpha value is -1.91. The van der Waals surface area contributed by atoms with E-state index >= 15 is 0 Å². The van der Waals surface area contributed by atoms with Gasteiger partial charge >= 0.3 is 0 Å². The average molecular weight is 292 g/mol. The number of carbonyl (C=O) groups is 1. The van der Waals surface area contributed by atoms with Crippen molar-refractivity contribution in [3.8, 4) is 0 Å². The van der Waals surface area contributed by atoms with Crippen molar-refractivity contribution in [3.63, 3.8) is 0 Å². The maximum absolute atomic E-state index is 13.3. The molecule has 1 aliphatic rings. The lowest BCUT2D eigenvalue weighted by molar-refractivity contribution is -0.133. The number of halogens is 2. The Bertz CT molecular complexity index is 704. The van der Waals surface area contributed by atoms with Gasteiger partial charge in [-0.15, -0.1) is 0 Å². The van der Waals surface area contributed by atoms with Crippen molar-refractivity contribution >= 4 is 23.2 Å². The summed E-state index contributed by atoms with van der Waals surface area (Å²) in [5.74, 6) is -0.987. The molecule has 0 aliphatic carbocycles. The number of hydrogen-bond donors (Lipinski definition) is 2. The van der Waals surface area contributed by atoms with Gasteiger partial charge in [-0.2, -0.15) is 0 Å². The summed E-state index contributed by atoms with van der Waals surface area (Å²) < 4.78 is 13.3. The van der Waals surface area contributed by atoms with Crippen LogP contribution in [0.4, 0.5) is 10.1 Å². The fraction of sp³-hybridized carbons (Fsp3) is 0.133. The van der Waals surface area contributed by atoms with Gasteiger partial charge in [0, 0.05) is 22.7 Å². The molecule has 1 unspecified atom stereocenters. The van der Waals surface area contributed by atoms with Crippen LogP contribution in [0, 0.1) is 5.82 Å². The SMILES string of the molecule is O=C1Nc2ccccc2C1(O)Cc1cc(F)ccc1Cl. The molecule has 0 saturated heterocycles. The maximum atomic E-state index is 13.3. The first-order chi connectivity index (χ1) is 9.50. The second-order valence-electron chi connectivity index (χ2n) is 4.77. The van der Waals surface area contributed by atoms with Gasteiger partial charge in [-0.3, -0.25) is 4.79 Å². The fourth-order valence-corrected chi connectivity index (χ4v) is 2.62. The predicted molar refractivity (Wildman–Crippen MR) is 74.1 cm³/mol. The number of carbonyl (C=O) groups excluding carboxylic acids is 1. The lowest BCUT2D eigenvalue weighted by Gasteiger charge is -2.21. The van der Waals surface area contributed by atoms with E-state index in [9.17, 15) is 14.3 Å². The smallest absolute Gasteiger partial charge is 0.261 e. The highest BCUT2D eigenvalue weighted by Gasteiger charge is 2.45. The standard InChI is InChI=1S/C15H11ClFNO2/c16-12-6-5-10(17)7-9(12)8-15(20)11-3-1-2-4-13(11)18-14(15)19/h1-7,20H,8H2,(H,18,19). The van der Waals surface area contributed by atoms with Gasteiger partial charge in [-0.25, -0.2) is 4.39 Å². The maximum Gasteiger partial charge on any atom is 0.261 e. The van der Waals surface area contributed by atoms with E-state index in [4.69, 9.17) is 11.6 Å². The topological polar surface area (TPSA) is 49.3 Å². The van der Waals surface area contributed by atoms with E-state index in [-0.39, 0.29) is 6.42 Å². The third-order valence-electron chi connectivity index (χ3n) is 3.45. The minimum Gasteiger partial charge on any atom is -0.375 e. The van der Waals surface area contributed by atoms with Crippen LogP contribution in [-0.2, 0) is 16.8 Å². The van der Waals surface area contributed by atoms with E-state index < -0.39 is 17.3 Å². The average Bonchev–Trinajstić information content (AvgIpc) is 2.67. The number of benzene rings is 2. The summed E-state index contributed by atoms with van der Waals surface area (Å²) in [6, 6.07) is 10.7. The normalized spacial score (nSPS) is 20.6. The van der Waals surface area contributed by atoms with E-state index in [2.05, 4.69) is 5.32 Å². The Morgan fingerprint density at radius 3 is 2.80 bits per heavy atom. The highest BCUT2D eigenvalue weighted by molar-refractivity contribution is 6.31. The summed E-state index contributed by atoms with van der Waals surface area (Å²) in [6.45, 7) is 0. The number of nitrogens with one attached hydrogen (secondary N) is 1. The van der Waals surface area contributed by atoms with Crippen molar-refractivity contribution in [3.05, 3.63) is 64.4 Å². The number of hydrogen-bond acceptors (Lipinski definition) is 2. The van der Waals surface area contributed by atoms with Gasteiger partial charge in [-0.05, 0) is 29.8 Å². The largest absolute Gasteiger partial charge is 0.375 e. The first-order valence-electron chi connectivity index (χ1n) is 6.08. The molecule has 1 heterocycles. The number of para-hydroxylation sites is 1. The van der Waals surface area contributed by atoms with Crippen LogP contribution in [0.15, 0.2) is 42.5 Å². The summed E-state index contributed by atoms with van der Waals surface area (Å²) in [4.78, 5) is 12.1. The minimum absolute atomic E-state index is 0.0769. The Kier molecular flexibility index (Phi) is 3.00. The van der Waals surface area contributed by atoms with Crippen molar-refractivity contribution in [2.45, 2.75) is 12.0 Å². The number of fused-ring (bicyclic) bond motifs is 1. The number of amides is 1. The Morgan fingerprint density at radius 1 is 1.25 bits per heavy atom. The van der Waals surface area contributed by atoms with E-state index in [0.717, 1.165) is 0 Å². The minimum atomic E-state index is -1.73. The number of aliphatic hydroxyl groups is 1. The van der Waals surface area contributed by atoms with Gasteiger partial charge in [0.05, 0.1) is 0 Å². The summed E-state index contributed by atoms with van der Waals surface area (Å²) in [5.41, 5.74) is -0.299. The zero-order valence-electron chi connectivity index (χ0n) is 10.4. The second-order valence-corrected chi connectivity index (χ2v) is 5.18. The molecule has 3 nitrogen and oxygen atoms in total. The van der Waals surface area contributed by atoms with Crippen LogP contribution in [0.5, 0.6) is 0 Å². The summed E-state index contributed by atoms with van der Waals surface area (Å²) in [5, 5.41) is 13.6. The van der Waals surface area contributed by atoms with Crippen molar-refractivity contribution in [2.24, 2.45) is 0 Å². The quantitative estimate of drug-likeness (QED) is 0.894. The second kappa shape index (κ2) is 4.58. The van der Waals surface area contributed by atoms with Crippen molar-refractivity contribution in [1.82, 2.24) is 0 Å². The molecule has 2 aromatic rings. The summed E-state index contributed by atoms with van der Waals surface area (Å²) in [7, 11) is 0. The van der Waals surface area contributed by atoms with Gasteiger partial charge in [0.15, 0.2) is 5.60 Å². The molecule has 0 saturated carbocycles. The fourth-order valence-electron chi connectivity index (χ4n) is 2.43. The molecule has 102 valence electrons. The monoisotopic (exact) mass is 291 g/mol. The van der Waals surface area contributed by atoms with Gasteiger partial charge < -0.3 is 10.4 Å². The summed E-state index contributed by atoms with van der Waals surface area (Å²) in [6.07, 6.45) is -0.0769. The Balaban J connectivity index is 2.05. The molecule has 0 fully saturated rings. The molecule has 5 heteroatoms. The lowest BCUT2D eigenvalue weighted by Crippen LogP contribution is -2.36. The van der Waals surface area contributed by atoms with Crippen LogP contribution in [-0.4, -0.2) is 11.0 Å². The molecule has 3 rings (SSSR count). The molecule has 0 aromatic heterocycles.